The minimum atomic E-state index is 0.0328. The Morgan fingerprint density at radius 1 is 1.03 bits per heavy atom. The van der Waals surface area contributed by atoms with Crippen LogP contribution in [0, 0.1) is 13.8 Å². The van der Waals surface area contributed by atoms with Gasteiger partial charge in [-0.3, -0.25) is 4.98 Å². The van der Waals surface area contributed by atoms with Crippen LogP contribution in [-0.4, -0.2) is 32.7 Å². The summed E-state index contributed by atoms with van der Waals surface area (Å²) in [6.07, 6.45) is 8.14. The number of nitrogens with one attached hydrogen (secondary N) is 1. The van der Waals surface area contributed by atoms with E-state index in [4.69, 9.17) is 21.9 Å². The topological polar surface area (TPSA) is 42.3 Å². The van der Waals surface area contributed by atoms with Gasteiger partial charge in [0.1, 0.15) is 5.75 Å². The minimum Gasteiger partial charge on any atom is -0.497 e. The number of hydrogen-bond acceptors (Lipinski definition) is 3. The molecule has 1 aromatic carbocycles. The van der Waals surface area contributed by atoms with Gasteiger partial charge in [-0.1, -0.05) is 25.3 Å². The quantitative estimate of drug-likeness (QED) is 0.487. The molecular weight excluding hydrogens is 428 g/mol. The molecular formula is C27H32N4OS. The van der Waals surface area contributed by atoms with Crippen LogP contribution in [0.5, 0.6) is 5.75 Å². The highest BCUT2D eigenvalue weighted by molar-refractivity contribution is 7.80. The van der Waals surface area contributed by atoms with Crippen LogP contribution in [-0.2, 0) is 0 Å². The summed E-state index contributed by atoms with van der Waals surface area (Å²) in [6.45, 7) is 4.41. The van der Waals surface area contributed by atoms with Crippen molar-refractivity contribution in [2.24, 2.45) is 0 Å². The Balaban J connectivity index is 1.60. The third kappa shape index (κ3) is 4.01. The van der Waals surface area contributed by atoms with E-state index < -0.39 is 0 Å². The van der Waals surface area contributed by atoms with Gasteiger partial charge in [-0.25, -0.2) is 0 Å². The van der Waals surface area contributed by atoms with E-state index in [1.165, 1.54) is 49.1 Å². The van der Waals surface area contributed by atoms with Crippen LogP contribution in [0.15, 0.2) is 54.7 Å². The Morgan fingerprint density at radius 2 is 1.79 bits per heavy atom. The molecule has 0 unspecified atom stereocenters. The maximum Gasteiger partial charge on any atom is 0.170 e. The van der Waals surface area contributed by atoms with Gasteiger partial charge in [0.05, 0.1) is 24.9 Å². The Morgan fingerprint density at radius 3 is 2.45 bits per heavy atom. The fourth-order valence-corrected chi connectivity index (χ4v) is 6.06. The van der Waals surface area contributed by atoms with Gasteiger partial charge in [-0.15, -0.1) is 0 Å². The highest BCUT2D eigenvalue weighted by Crippen LogP contribution is 2.44. The van der Waals surface area contributed by atoms with Crippen LogP contribution >= 0.6 is 12.2 Å². The number of hydrogen-bond donors (Lipinski definition) is 1. The Bertz CT molecular complexity index is 1120. The number of rotatable bonds is 5. The lowest BCUT2D eigenvalue weighted by Crippen LogP contribution is -2.40. The normalized spacial score (nSPS) is 21.3. The molecule has 1 aliphatic carbocycles. The molecule has 2 aromatic heterocycles. The average molecular weight is 461 g/mol. The van der Waals surface area contributed by atoms with Crippen molar-refractivity contribution in [3.8, 4) is 11.4 Å². The van der Waals surface area contributed by atoms with Crippen molar-refractivity contribution in [2.45, 2.75) is 64.1 Å². The molecule has 1 saturated carbocycles. The van der Waals surface area contributed by atoms with E-state index in [1.54, 1.807) is 7.11 Å². The van der Waals surface area contributed by atoms with Crippen molar-refractivity contribution >= 4 is 17.3 Å². The lowest BCUT2D eigenvalue weighted by atomic mass is 9.90. The van der Waals surface area contributed by atoms with Gasteiger partial charge < -0.3 is 19.5 Å². The van der Waals surface area contributed by atoms with E-state index in [0.717, 1.165) is 22.2 Å². The van der Waals surface area contributed by atoms with Crippen LogP contribution in [0.2, 0.25) is 0 Å². The zero-order valence-electron chi connectivity index (χ0n) is 19.6. The number of ether oxygens (including phenoxy) is 1. The van der Waals surface area contributed by atoms with Gasteiger partial charge in [0.25, 0.3) is 0 Å². The summed E-state index contributed by atoms with van der Waals surface area (Å²) in [6, 6.07) is 17.4. The summed E-state index contributed by atoms with van der Waals surface area (Å²) >= 11 is 5.95. The van der Waals surface area contributed by atoms with E-state index in [2.05, 4.69) is 59.0 Å². The molecule has 172 valence electrons. The predicted molar refractivity (Wildman–Crippen MR) is 136 cm³/mol. The second kappa shape index (κ2) is 9.18. The van der Waals surface area contributed by atoms with Gasteiger partial charge in [0, 0.05) is 29.3 Å². The molecule has 3 heterocycles. The fourth-order valence-electron chi connectivity index (χ4n) is 5.67. The van der Waals surface area contributed by atoms with Gasteiger partial charge in [-0.05, 0) is 86.9 Å². The first-order valence-electron chi connectivity index (χ1n) is 11.9. The highest BCUT2D eigenvalue weighted by atomic mass is 32.1. The zero-order valence-corrected chi connectivity index (χ0v) is 20.4. The van der Waals surface area contributed by atoms with Crippen molar-refractivity contribution in [3.05, 3.63) is 77.4 Å². The smallest absolute Gasteiger partial charge is 0.170 e. The molecule has 5 nitrogen and oxygen atoms in total. The van der Waals surface area contributed by atoms with Gasteiger partial charge >= 0.3 is 0 Å². The van der Waals surface area contributed by atoms with Crippen molar-refractivity contribution in [1.29, 1.82) is 0 Å². The average Bonchev–Trinajstić information content (AvgIpc) is 3.35. The van der Waals surface area contributed by atoms with E-state index >= 15 is 0 Å². The summed E-state index contributed by atoms with van der Waals surface area (Å²) in [5.41, 5.74) is 5.96. The predicted octanol–water partition coefficient (Wildman–Crippen LogP) is 5.80. The van der Waals surface area contributed by atoms with Gasteiger partial charge in [-0.2, -0.15) is 0 Å². The number of nitrogens with zero attached hydrogens (tertiary/aromatic N) is 3. The maximum atomic E-state index is 5.95. The first-order chi connectivity index (χ1) is 16.1. The summed E-state index contributed by atoms with van der Waals surface area (Å²) in [4.78, 5) is 7.21. The Labute approximate surface area is 201 Å². The molecule has 1 aliphatic heterocycles. The Kier molecular flexibility index (Phi) is 6.11. The third-order valence-corrected chi connectivity index (χ3v) is 7.55. The summed E-state index contributed by atoms with van der Waals surface area (Å²) in [5.74, 6) is 0.866. The van der Waals surface area contributed by atoms with Crippen molar-refractivity contribution in [1.82, 2.24) is 19.8 Å². The lowest BCUT2D eigenvalue weighted by Gasteiger charge is -2.37. The Hall–Kier alpha value is -2.86. The zero-order chi connectivity index (χ0) is 22.9. The molecule has 2 atom stereocenters. The van der Waals surface area contributed by atoms with E-state index in [9.17, 15) is 0 Å². The molecule has 0 radical (unpaired) electrons. The monoisotopic (exact) mass is 460 g/mol. The largest absolute Gasteiger partial charge is 0.497 e. The molecule has 0 spiro atoms. The maximum absolute atomic E-state index is 5.95. The minimum absolute atomic E-state index is 0.0328. The number of aryl methyl sites for hydroxylation is 1. The molecule has 1 N–H and O–H groups in total. The molecule has 33 heavy (non-hydrogen) atoms. The summed E-state index contributed by atoms with van der Waals surface area (Å²) in [7, 11) is 1.70. The van der Waals surface area contributed by atoms with E-state index in [-0.39, 0.29) is 12.1 Å². The number of pyridine rings is 1. The van der Waals surface area contributed by atoms with Crippen molar-refractivity contribution in [2.75, 3.05) is 7.11 Å². The third-order valence-electron chi connectivity index (χ3n) is 7.22. The van der Waals surface area contributed by atoms with Crippen LogP contribution in [0.1, 0.15) is 66.8 Å². The molecule has 2 aliphatic rings. The highest BCUT2D eigenvalue weighted by Gasteiger charge is 2.44. The van der Waals surface area contributed by atoms with Crippen LogP contribution < -0.4 is 10.1 Å². The van der Waals surface area contributed by atoms with Crippen molar-refractivity contribution < 1.29 is 4.74 Å². The SMILES string of the molecule is COc1ccc(-n2c(C)cc([C@H]3[C@@H](c4ccccn4)NC(=S)N3C3CCCCC3)c2C)cc1. The number of benzene rings is 1. The van der Waals surface area contributed by atoms with Crippen molar-refractivity contribution in [3.63, 3.8) is 0 Å². The molecule has 6 heteroatoms. The van der Waals surface area contributed by atoms with Crippen LogP contribution in [0.3, 0.4) is 0 Å². The number of aromatic nitrogens is 2. The van der Waals surface area contributed by atoms with E-state index in [1.807, 2.05) is 24.4 Å². The molecule has 1 saturated heterocycles. The lowest BCUT2D eigenvalue weighted by molar-refractivity contribution is 0.197. The van der Waals surface area contributed by atoms with Gasteiger partial charge in [0.2, 0.25) is 0 Å². The standard InChI is InChI=1S/C27H32N4OS/c1-18-17-23(19(2)30(18)21-12-14-22(32-3)15-13-21)26-25(24-11-7-8-16-28-24)29-27(33)31(26)20-9-5-4-6-10-20/h7-8,11-17,20,25-26H,4-6,9-10H2,1-3H3,(H,29,33)/t25-,26+/m1/s1. The van der Waals surface area contributed by atoms with Gasteiger partial charge in [0.15, 0.2) is 5.11 Å². The van der Waals surface area contributed by atoms with Crippen LogP contribution in [0.25, 0.3) is 5.69 Å². The molecule has 0 bridgehead atoms. The first-order valence-corrected chi connectivity index (χ1v) is 12.3. The first kappa shape index (κ1) is 22.0. The van der Waals surface area contributed by atoms with Crippen LogP contribution in [0.4, 0.5) is 0 Å². The molecule has 5 rings (SSSR count). The summed E-state index contributed by atoms with van der Waals surface area (Å²) < 4.78 is 7.70. The second-order valence-electron chi connectivity index (χ2n) is 9.19. The second-order valence-corrected chi connectivity index (χ2v) is 9.57. The molecule has 3 aromatic rings. The summed E-state index contributed by atoms with van der Waals surface area (Å²) in [5, 5.41) is 4.50. The number of thiocarbonyl (C=S) groups is 1. The number of methoxy groups -OCH3 is 1. The fraction of sp³-hybridized carbons (Fsp3) is 0.407. The molecule has 2 fully saturated rings. The van der Waals surface area contributed by atoms with E-state index in [0.29, 0.717) is 6.04 Å². The molecule has 0 amide bonds.